The first-order valence-electron chi connectivity index (χ1n) is 6.67. The third-order valence-electron chi connectivity index (χ3n) is 3.68. The predicted octanol–water partition coefficient (Wildman–Crippen LogP) is 1.71. The molecule has 0 amide bonds. The summed E-state index contributed by atoms with van der Waals surface area (Å²) in [4.78, 5) is 12.6. The Morgan fingerprint density at radius 2 is 2.29 bits per heavy atom. The van der Waals surface area contributed by atoms with Gasteiger partial charge in [-0.05, 0) is 20.3 Å². The van der Waals surface area contributed by atoms with Crippen LogP contribution in [0.25, 0.3) is 0 Å². The highest BCUT2D eigenvalue weighted by Gasteiger charge is 2.27. The first-order chi connectivity index (χ1) is 8.20. The first kappa shape index (κ1) is 12.6. The van der Waals surface area contributed by atoms with Gasteiger partial charge in [0.15, 0.2) is 0 Å². The zero-order chi connectivity index (χ0) is 12.3. The third-order valence-corrected chi connectivity index (χ3v) is 3.68. The summed E-state index contributed by atoms with van der Waals surface area (Å²) in [5, 5.41) is 0. The molecule has 0 saturated carbocycles. The van der Waals surface area contributed by atoms with Gasteiger partial charge in [0.1, 0.15) is 5.82 Å². The molecule has 4 heteroatoms. The first-order valence-corrected chi connectivity index (χ1v) is 6.67. The predicted molar refractivity (Wildman–Crippen MR) is 69.8 cm³/mol. The van der Waals surface area contributed by atoms with Gasteiger partial charge in [0.2, 0.25) is 0 Å². The molecule has 0 radical (unpaired) electrons. The molecule has 17 heavy (non-hydrogen) atoms. The molecule has 1 saturated heterocycles. The molecule has 0 aliphatic carbocycles. The fourth-order valence-electron chi connectivity index (χ4n) is 2.72. The Morgan fingerprint density at radius 1 is 1.47 bits per heavy atom. The van der Waals surface area contributed by atoms with Gasteiger partial charge in [0.05, 0.1) is 6.54 Å². The average Bonchev–Trinajstić information content (AvgIpc) is 2.81. The van der Waals surface area contributed by atoms with Gasteiger partial charge in [0.25, 0.3) is 0 Å². The molecular weight excluding hydrogens is 212 g/mol. The Hall–Kier alpha value is -0.870. The lowest BCUT2D eigenvalue weighted by atomic mass is 10.1. The zero-order valence-corrected chi connectivity index (χ0v) is 11.2. The van der Waals surface area contributed by atoms with E-state index in [2.05, 4.69) is 40.5 Å². The summed E-state index contributed by atoms with van der Waals surface area (Å²) in [6, 6.07) is 1.35. The maximum atomic E-state index is 4.30. The van der Waals surface area contributed by atoms with Gasteiger partial charge in [0, 0.05) is 44.1 Å². The minimum Gasteiger partial charge on any atom is -0.348 e. The topological polar surface area (TPSA) is 35.2 Å². The van der Waals surface area contributed by atoms with Crippen LogP contribution in [0.15, 0.2) is 12.4 Å². The minimum atomic E-state index is 0.658. The fourth-order valence-corrected chi connectivity index (χ4v) is 2.72. The average molecular weight is 236 g/mol. The molecule has 1 N–H and O–H groups in total. The van der Waals surface area contributed by atoms with Gasteiger partial charge < -0.3 is 4.98 Å². The summed E-state index contributed by atoms with van der Waals surface area (Å²) in [7, 11) is 0. The molecular formula is C13H24N4. The van der Waals surface area contributed by atoms with Crippen molar-refractivity contribution in [2.24, 2.45) is 0 Å². The van der Waals surface area contributed by atoms with Crippen LogP contribution < -0.4 is 0 Å². The molecule has 2 heterocycles. The van der Waals surface area contributed by atoms with Crippen molar-refractivity contribution < 1.29 is 0 Å². The van der Waals surface area contributed by atoms with Crippen molar-refractivity contribution in [3.63, 3.8) is 0 Å². The Balaban J connectivity index is 1.91. The minimum absolute atomic E-state index is 0.658. The van der Waals surface area contributed by atoms with E-state index in [1.54, 1.807) is 0 Å². The van der Waals surface area contributed by atoms with Crippen LogP contribution in [-0.4, -0.2) is 51.5 Å². The molecule has 1 aromatic rings. The van der Waals surface area contributed by atoms with Crippen LogP contribution in [0.3, 0.4) is 0 Å². The number of imidazole rings is 1. The van der Waals surface area contributed by atoms with Crippen molar-refractivity contribution in [1.29, 1.82) is 0 Å². The molecule has 1 aromatic heterocycles. The van der Waals surface area contributed by atoms with Crippen LogP contribution >= 0.6 is 0 Å². The Kier molecular flexibility index (Phi) is 4.18. The molecule has 0 aromatic carbocycles. The number of aromatic amines is 1. The van der Waals surface area contributed by atoms with E-state index in [4.69, 9.17) is 0 Å². The summed E-state index contributed by atoms with van der Waals surface area (Å²) in [6.45, 7) is 11.3. The Morgan fingerprint density at radius 3 is 2.88 bits per heavy atom. The molecule has 1 aliphatic heterocycles. The number of H-pyrrole nitrogens is 1. The van der Waals surface area contributed by atoms with Gasteiger partial charge in [-0.15, -0.1) is 0 Å². The summed E-state index contributed by atoms with van der Waals surface area (Å²) in [6.07, 6.45) is 4.96. The quantitative estimate of drug-likeness (QED) is 0.864. The molecule has 1 fully saturated rings. The number of aromatic nitrogens is 2. The van der Waals surface area contributed by atoms with Crippen LogP contribution in [0.5, 0.6) is 0 Å². The van der Waals surface area contributed by atoms with Crippen molar-refractivity contribution in [2.45, 2.75) is 45.8 Å². The second-order valence-corrected chi connectivity index (χ2v) is 5.16. The van der Waals surface area contributed by atoms with E-state index in [-0.39, 0.29) is 0 Å². The monoisotopic (exact) mass is 236 g/mol. The molecule has 4 nitrogen and oxygen atoms in total. The van der Waals surface area contributed by atoms with E-state index in [9.17, 15) is 0 Å². The van der Waals surface area contributed by atoms with Crippen LogP contribution in [0.4, 0.5) is 0 Å². The second kappa shape index (κ2) is 5.65. The van der Waals surface area contributed by atoms with Crippen molar-refractivity contribution in [2.75, 3.05) is 19.6 Å². The number of rotatable bonds is 4. The van der Waals surface area contributed by atoms with E-state index < -0.39 is 0 Å². The van der Waals surface area contributed by atoms with Crippen molar-refractivity contribution in [1.82, 2.24) is 19.8 Å². The lowest BCUT2D eigenvalue weighted by Gasteiger charge is -2.43. The van der Waals surface area contributed by atoms with Crippen LogP contribution in [0.2, 0.25) is 0 Å². The Labute approximate surface area is 104 Å². The van der Waals surface area contributed by atoms with E-state index in [0.29, 0.717) is 12.1 Å². The van der Waals surface area contributed by atoms with Crippen LogP contribution in [0, 0.1) is 0 Å². The fraction of sp³-hybridized carbons (Fsp3) is 0.769. The summed E-state index contributed by atoms with van der Waals surface area (Å²) >= 11 is 0. The van der Waals surface area contributed by atoms with E-state index >= 15 is 0 Å². The van der Waals surface area contributed by atoms with Gasteiger partial charge in [-0.1, -0.05) is 6.92 Å². The van der Waals surface area contributed by atoms with Gasteiger partial charge >= 0.3 is 0 Å². The molecule has 0 unspecified atom stereocenters. The summed E-state index contributed by atoms with van der Waals surface area (Å²) in [5.74, 6) is 1.08. The number of hydrogen-bond donors (Lipinski definition) is 1. The number of nitrogens with zero attached hydrogens (tertiary/aromatic N) is 3. The second-order valence-electron chi connectivity index (χ2n) is 5.16. The van der Waals surface area contributed by atoms with Crippen LogP contribution in [-0.2, 0) is 6.54 Å². The van der Waals surface area contributed by atoms with E-state index in [1.165, 1.54) is 13.0 Å². The lowest BCUT2D eigenvalue weighted by molar-refractivity contribution is 0.0446. The molecule has 1 atom stereocenters. The molecule has 96 valence electrons. The maximum absolute atomic E-state index is 4.30. The number of hydrogen-bond acceptors (Lipinski definition) is 3. The smallest absolute Gasteiger partial charge is 0.120 e. The normalized spacial score (nSPS) is 23.4. The third kappa shape index (κ3) is 3.07. The van der Waals surface area contributed by atoms with Gasteiger partial charge in [-0.3, -0.25) is 9.80 Å². The number of piperazine rings is 1. The summed E-state index contributed by atoms with van der Waals surface area (Å²) < 4.78 is 0. The largest absolute Gasteiger partial charge is 0.348 e. The van der Waals surface area contributed by atoms with E-state index in [0.717, 1.165) is 25.5 Å². The maximum Gasteiger partial charge on any atom is 0.120 e. The van der Waals surface area contributed by atoms with E-state index in [1.807, 2.05) is 12.4 Å². The highest BCUT2D eigenvalue weighted by Crippen LogP contribution is 2.16. The van der Waals surface area contributed by atoms with Crippen molar-refractivity contribution in [3.05, 3.63) is 18.2 Å². The zero-order valence-electron chi connectivity index (χ0n) is 11.2. The van der Waals surface area contributed by atoms with Crippen LogP contribution in [0.1, 0.15) is 33.0 Å². The van der Waals surface area contributed by atoms with Crippen molar-refractivity contribution >= 4 is 0 Å². The Bertz CT molecular complexity index is 320. The SMILES string of the molecule is CC[C@H]1CN(Cc2ncc[nH]2)CCN1C(C)C. The van der Waals surface area contributed by atoms with Crippen molar-refractivity contribution in [3.8, 4) is 0 Å². The van der Waals surface area contributed by atoms with Gasteiger partial charge in [-0.25, -0.2) is 4.98 Å². The standard InChI is InChI=1S/C13H24N4/c1-4-12-9-16(7-8-17(12)11(2)3)10-13-14-5-6-15-13/h5-6,11-12H,4,7-10H2,1-3H3,(H,14,15)/t12-/m0/s1. The van der Waals surface area contributed by atoms with Gasteiger partial charge in [-0.2, -0.15) is 0 Å². The summed E-state index contributed by atoms with van der Waals surface area (Å²) in [5.41, 5.74) is 0. The molecule has 2 rings (SSSR count). The molecule has 1 aliphatic rings. The highest BCUT2D eigenvalue weighted by molar-refractivity contribution is 4.90. The molecule has 0 bridgehead atoms. The molecule has 0 spiro atoms. The lowest BCUT2D eigenvalue weighted by Crippen LogP contribution is -2.54. The highest BCUT2D eigenvalue weighted by atomic mass is 15.3. The number of nitrogens with one attached hydrogen (secondary N) is 1.